The van der Waals surface area contributed by atoms with Crippen molar-refractivity contribution in [1.82, 2.24) is 24.9 Å². The van der Waals surface area contributed by atoms with Crippen molar-refractivity contribution >= 4 is 43.1 Å². The maximum atomic E-state index is 4.74. The molecule has 0 aliphatic carbocycles. The van der Waals surface area contributed by atoms with E-state index in [0.29, 0.717) is 5.82 Å². The van der Waals surface area contributed by atoms with Crippen molar-refractivity contribution in [3.05, 3.63) is 128 Å². The summed E-state index contributed by atoms with van der Waals surface area (Å²) in [6.07, 6.45) is 6.87. The van der Waals surface area contributed by atoms with Gasteiger partial charge in [0.05, 0.1) is 0 Å². The highest BCUT2D eigenvalue weighted by molar-refractivity contribution is 6.10. The maximum Gasteiger partial charge on any atom is 0.162 e. The van der Waals surface area contributed by atoms with Crippen LogP contribution in [-0.2, 0) is 0 Å². The van der Waals surface area contributed by atoms with Gasteiger partial charge < -0.3 is 0 Å². The van der Waals surface area contributed by atoms with Crippen LogP contribution in [0.25, 0.3) is 77.0 Å². The Morgan fingerprint density at radius 2 is 0.825 bits per heavy atom. The van der Waals surface area contributed by atoms with Crippen molar-refractivity contribution in [1.29, 1.82) is 0 Å². The molecule has 0 aliphatic rings. The molecule has 0 unspecified atom stereocenters. The zero-order chi connectivity index (χ0) is 26.5. The van der Waals surface area contributed by atoms with E-state index in [1.807, 2.05) is 12.4 Å². The molecule has 2 heterocycles. The Hall–Kier alpha value is -5.55. The fourth-order valence-electron chi connectivity index (χ4n) is 5.56. The molecule has 5 heteroatoms. The fraction of sp³-hybridized carbons (Fsp3) is 0. The van der Waals surface area contributed by atoms with Crippen LogP contribution < -0.4 is 0 Å². The van der Waals surface area contributed by atoms with Gasteiger partial charge in [0.1, 0.15) is 12.7 Å². The summed E-state index contributed by atoms with van der Waals surface area (Å²) in [6.45, 7) is 0. The third-order valence-corrected chi connectivity index (χ3v) is 7.58. The van der Waals surface area contributed by atoms with E-state index >= 15 is 0 Å². The SMILES string of the molecule is c1ccc2c(c1)ccc1cc(-c3ncc(-c4ccc5c(ccc6cc(-c7ncncn7)ccc65)c4)cn3)ccc12. The average Bonchev–Trinajstić information content (AvgIpc) is 3.04. The Bertz CT molecular complexity index is 2210. The van der Waals surface area contributed by atoms with Crippen LogP contribution in [0.5, 0.6) is 0 Å². The van der Waals surface area contributed by atoms with Gasteiger partial charge in [-0.15, -0.1) is 0 Å². The summed E-state index contributed by atoms with van der Waals surface area (Å²) in [6, 6.07) is 36.4. The van der Waals surface area contributed by atoms with Crippen molar-refractivity contribution in [2.75, 3.05) is 0 Å². The van der Waals surface area contributed by atoms with Gasteiger partial charge in [0, 0.05) is 29.1 Å². The monoisotopic (exact) mass is 511 g/mol. The summed E-state index contributed by atoms with van der Waals surface area (Å²) in [4.78, 5) is 21.9. The minimum Gasteiger partial charge on any atom is -0.236 e. The second-order valence-electron chi connectivity index (χ2n) is 9.92. The van der Waals surface area contributed by atoms with Crippen molar-refractivity contribution < 1.29 is 0 Å². The lowest BCUT2D eigenvalue weighted by Crippen LogP contribution is -1.91. The van der Waals surface area contributed by atoms with Crippen molar-refractivity contribution in [2.24, 2.45) is 0 Å². The van der Waals surface area contributed by atoms with Crippen molar-refractivity contribution in [3.63, 3.8) is 0 Å². The Morgan fingerprint density at radius 3 is 1.45 bits per heavy atom. The Balaban J connectivity index is 1.12. The molecule has 5 nitrogen and oxygen atoms in total. The van der Waals surface area contributed by atoms with Gasteiger partial charge in [-0.25, -0.2) is 24.9 Å². The number of hydrogen-bond donors (Lipinski definition) is 0. The Morgan fingerprint density at radius 1 is 0.350 bits per heavy atom. The fourth-order valence-corrected chi connectivity index (χ4v) is 5.56. The molecule has 0 atom stereocenters. The zero-order valence-corrected chi connectivity index (χ0v) is 21.4. The average molecular weight is 512 g/mol. The standard InChI is InChI=1S/C35H21N5/c1-2-4-30-22(3-1)5-6-25-16-27(10-13-31(25)30)34-37-18-29(19-38-34)23-9-12-32-24(15-23)7-8-26-17-28(11-14-33(26)32)35-39-20-36-21-40-35/h1-21H. The molecule has 0 saturated carbocycles. The first-order valence-corrected chi connectivity index (χ1v) is 13.1. The zero-order valence-electron chi connectivity index (χ0n) is 21.4. The number of aromatic nitrogens is 5. The quantitative estimate of drug-likeness (QED) is 0.223. The molecule has 0 saturated heterocycles. The lowest BCUT2D eigenvalue weighted by molar-refractivity contribution is 1.06. The summed E-state index contributed by atoms with van der Waals surface area (Å²) in [5.74, 6) is 1.40. The van der Waals surface area contributed by atoms with E-state index in [0.717, 1.165) is 33.5 Å². The lowest BCUT2D eigenvalue weighted by atomic mass is 9.97. The molecule has 8 aromatic rings. The number of fused-ring (bicyclic) bond motifs is 6. The van der Waals surface area contributed by atoms with E-state index in [9.17, 15) is 0 Å². The number of nitrogens with zero attached hydrogens (tertiary/aromatic N) is 5. The van der Waals surface area contributed by atoms with Gasteiger partial charge in [0.25, 0.3) is 0 Å². The van der Waals surface area contributed by atoms with Gasteiger partial charge in [-0.1, -0.05) is 84.9 Å². The topological polar surface area (TPSA) is 64.5 Å². The Labute approximate surface area is 229 Å². The second-order valence-corrected chi connectivity index (χ2v) is 9.92. The first-order chi connectivity index (χ1) is 19.8. The van der Waals surface area contributed by atoms with Crippen LogP contribution in [0.4, 0.5) is 0 Å². The summed E-state index contributed by atoms with van der Waals surface area (Å²) in [5.41, 5.74) is 4.06. The predicted octanol–water partition coefficient (Wildman–Crippen LogP) is 8.28. The van der Waals surface area contributed by atoms with E-state index in [2.05, 4.69) is 118 Å². The minimum absolute atomic E-state index is 0.674. The molecule has 0 spiro atoms. The highest BCUT2D eigenvalue weighted by Crippen LogP contribution is 2.32. The second kappa shape index (κ2) is 9.03. The van der Waals surface area contributed by atoms with Crippen LogP contribution in [0.1, 0.15) is 0 Å². The highest BCUT2D eigenvalue weighted by atomic mass is 15.0. The molecule has 186 valence electrons. The van der Waals surface area contributed by atoms with Crippen LogP contribution >= 0.6 is 0 Å². The molecule has 0 radical (unpaired) electrons. The van der Waals surface area contributed by atoms with Crippen molar-refractivity contribution in [3.8, 4) is 33.9 Å². The largest absolute Gasteiger partial charge is 0.236 e. The van der Waals surface area contributed by atoms with E-state index < -0.39 is 0 Å². The summed E-state index contributed by atoms with van der Waals surface area (Å²) >= 11 is 0. The van der Waals surface area contributed by atoms with E-state index in [4.69, 9.17) is 9.97 Å². The molecule has 0 aliphatic heterocycles. The van der Waals surface area contributed by atoms with Gasteiger partial charge in [0.2, 0.25) is 0 Å². The minimum atomic E-state index is 0.674. The van der Waals surface area contributed by atoms with Crippen LogP contribution in [0.15, 0.2) is 128 Å². The summed E-state index contributed by atoms with van der Waals surface area (Å²) in [5, 5.41) is 9.64. The first-order valence-electron chi connectivity index (χ1n) is 13.1. The third kappa shape index (κ3) is 3.76. The van der Waals surface area contributed by atoms with E-state index in [1.54, 1.807) is 0 Å². The van der Waals surface area contributed by atoms with Gasteiger partial charge in [-0.3, -0.25) is 0 Å². The molecule has 6 aromatic carbocycles. The number of hydrogen-bond acceptors (Lipinski definition) is 5. The molecule has 0 N–H and O–H groups in total. The lowest BCUT2D eigenvalue weighted by Gasteiger charge is -2.09. The van der Waals surface area contributed by atoms with Gasteiger partial charge >= 0.3 is 0 Å². The Kier molecular flexibility index (Phi) is 5.07. The van der Waals surface area contributed by atoms with E-state index in [1.165, 1.54) is 50.4 Å². The predicted molar refractivity (Wildman–Crippen MR) is 162 cm³/mol. The van der Waals surface area contributed by atoms with E-state index in [-0.39, 0.29) is 0 Å². The van der Waals surface area contributed by atoms with Crippen LogP contribution in [0, 0.1) is 0 Å². The number of rotatable bonds is 3. The molecule has 40 heavy (non-hydrogen) atoms. The maximum absolute atomic E-state index is 4.74. The highest BCUT2D eigenvalue weighted by Gasteiger charge is 2.09. The molecular weight excluding hydrogens is 490 g/mol. The van der Waals surface area contributed by atoms with Gasteiger partial charge in [-0.2, -0.15) is 0 Å². The third-order valence-electron chi connectivity index (χ3n) is 7.58. The summed E-state index contributed by atoms with van der Waals surface area (Å²) < 4.78 is 0. The molecule has 8 rings (SSSR count). The molecule has 2 aromatic heterocycles. The number of benzene rings is 6. The van der Waals surface area contributed by atoms with Gasteiger partial charge in [-0.05, 0) is 66.9 Å². The molecular formula is C35H21N5. The first kappa shape index (κ1) is 22.4. The van der Waals surface area contributed by atoms with Crippen molar-refractivity contribution in [2.45, 2.75) is 0 Å². The molecule has 0 bridgehead atoms. The van der Waals surface area contributed by atoms with Crippen LogP contribution in [0.3, 0.4) is 0 Å². The normalized spacial score (nSPS) is 11.5. The molecule has 0 fully saturated rings. The van der Waals surface area contributed by atoms with Gasteiger partial charge in [0.15, 0.2) is 11.6 Å². The smallest absolute Gasteiger partial charge is 0.162 e. The van der Waals surface area contributed by atoms with Crippen LogP contribution in [0.2, 0.25) is 0 Å². The summed E-state index contributed by atoms with van der Waals surface area (Å²) in [7, 11) is 0. The van der Waals surface area contributed by atoms with Crippen LogP contribution in [-0.4, -0.2) is 24.9 Å². The molecule has 0 amide bonds.